The van der Waals surface area contributed by atoms with Gasteiger partial charge in [-0.3, -0.25) is 4.79 Å². The first-order chi connectivity index (χ1) is 19.3. The normalized spacial score (nSPS) is 58.6. The number of esters is 1. The first-order valence-corrected chi connectivity index (χ1v) is 14.8. The maximum absolute atomic E-state index is 14.3. The molecular formula is C30H38O11. The van der Waals surface area contributed by atoms with Gasteiger partial charge in [0.1, 0.15) is 36.1 Å². The smallest absolute Gasteiger partial charge is 0.331 e. The number of rotatable bonds is 2. The number of hydrogen-bond donors (Lipinski definition) is 3. The third-order valence-corrected chi connectivity index (χ3v) is 12.2. The van der Waals surface area contributed by atoms with Crippen LogP contribution in [0.1, 0.15) is 52.9 Å². The van der Waals surface area contributed by atoms with Gasteiger partial charge >= 0.3 is 5.97 Å². The summed E-state index contributed by atoms with van der Waals surface area (Å²) >= 11 is 0. The second kappa shape index (κ2) is 8.06. The van der Waals surface area contributed by atoms with Crippen molar-refractivity contribution >= 4 is 11.8 Å². The molecule has 0 bridgehead atoms. The maximum atomic E-state index is 14.3. The van der Waals surface area contributed by atoms with E-state index in [1.165, 1.54) is 13.2 Å². The van der Waals surface area contributed by atoms with Gasteiger partial charge < -0.3 is 43.7 Å². The number of aliphatic hydroxyl groups is 3. The molecule has 6 fully saturated rings. The van der Waals surface area contributed by atoms with Crippen LogP contribution in [0.5, 0.6) is 0 Å². The number of epoxide rings is 1. The highest BCUT2D eigenvalue weighted by Crippen LogP contribution is 2.76. The zero-order valence-corrected chi connectivity index (χ0v) is 23.7. The Morgan fingerprint density at radius 1 is 1.12 bits per heavy atom. The number of carbonyl (C=O) groups excluding carboxylic acids is 2. The molecule has 8 rings (SSSR count). The van der Waals surface area contributed by atoms with Gasteiger partial charge in [-0.1, -0.05) is 18.6 Å². The second-order valence-corrected chi connectivity index (χ2v) is 13.9. The van der Waals surface area contributed by atoms with Crippen molar-refractivity contribution in [3.63, 3.8) is 0 Å². The quantitative estimate of drug-likeness (QED) is 0.242. The number of fused-ring (bicyclic) bond motifs is 5. The van der Waals surface area contributed by atoms with E-state index < -0.39 is 82.1 Å². The van der Waals surface area contributed by atoms with E-state index in [-0.39, 0.29) is 18.8 Å². The van der Waals surface area contributed by atoms with Crippen LogP contribution in [0.4, 0.5) is 0 Å². The number of ether oxygens (including phenoxy) is 6. The molecule has 4 aliphatic carbocycles. The summed E-state index contributed by atoms with van der Waals surface area (Å²) in [5, 5.41) is 36.1. The Morgan fingerprint density at radius 2 is 1.90 bits per heavy atom. The molecule has 14 atom stereocenters. The van der Waals surface area contributed by atoms with Crippen LogP contribution in [0, 0.1) is 22.7 Å². The van der Waals surface area contributed by atoms with Crippen LogP contribution in [0.3, 0.4) is 0 Å². The van der Waals surface area contributed by atoms with Gasteiger partial charge in [-0.2, -0.15) is 0 Å². The molecule has 8 aliphatic rings. The van der Waals surface area contributed by atoms with Crippen LogP contribution in [0.15, 0.2) is 23.3 Å². The topological polar surface area (TPSA) is 154 Å². The number of carbonyl (C=O) groups is 2. The summed E-state index contributed by atoms with van der Waals surface area (Å²) in [6.07, 6.45) is 0.648. The van der Waals surface area contributed by atoms with E-state index >= 15 is 0 Å². The summed E-state index contributed by atoms with van der Waals surface area (Å²) in [6.45, 7) is 5.69. The van der Waals surface area contributed by atoms with E-state index in [9.17, 15) is 24.9 Å². The Morgan fingerprint density at radius 3 is 2.61 bits per heavy atom. The molecule has 4 heterocycles. The van der Waals surface area contributed by atoms with E-state index in [0.717, 1.165) is 5.57 Å². The zero-order chi connectivity index (χ0) is 28.9. The van der Waals surface area contributed by atoms with Crippen molar-refractivity contribution in [3.8, 4) is 0 Å². The van der Waals surface area contributed by atoms with E-state index in [4.69, 9.17) is 28.4 Å². The number of hydrogen-bond acceptors (Lipinski definition) is 11. The van der Waals surface area contributed by atoms with Gasteiger partial charge in [0.25, 0.3) is 0 Å². The first-order valence-electron chi connectivity index (χ1n) is 14.8. The van der Waals surface area contributed by atoms with E-state index in [1.54, 1.807) is 6.92 Å². The minimum absolute atomic E-state index is 0.0825. The molecule has 224 valence electrons. The van der Waals surface area contributed by atoms with Gasteiger partial charge in [-0.25, -0.2) is 4.79 Å². The summed E-state index contributed by atoms with van der Waals surface area (Å²) in [6, 6.07) is 0. The third-order valence-electron chi connectivity index (χ3n) is 12.2. The highest BCUT2D eigenvalue weighted by atomic mass is 16.8. The molecule has 0 amide bonds. The molecule has 0 aromatic heterocycles. The van der Waals surface area contributed by atoms with Crippen LogP contribution in [-0.4, -0.2) is 101 Å². The predicted octanol–water partition coefficient (Wildman–Crippen LogP) is 0.677. The Labute approximate surface area is 237 Å². The van der Waals surface area contributed by atoms with Crippen molar-refractivity contribution in [2.24, 2.45) is 22.7 Å². The molecular weight excluding hydrogens is 536 g/mol. The van der Waals surface area contributed by atoms with Crippen LogP contribution < -0.4 is 0 Å². The molecule has 3 saturated heterocycles. The van der Waals surface area contributed by atoms with Crippen LogP contribution in [0.25, 0.3) is 0 Å². The highest BCUT2D eigenvalue weighted by molar-refractivity contribution is 5.94. The van der Waals surface area contributed by atoms with Gasteiger partial charge in [0.15, 0.2) is 5.78 Å². The molecule has 11 nitrogen and oxygen atoms in total. The van der Waals surface area contributed by atoms with Crippen molar-refractivity contribution in [1.29, 1.82) is 0 Å². The Hall–Kier alpha value is -1.70. The maximum Gasteiger partial charge on any atom is 0.331 e. The molecule has 41 heavy (non-hydrogen) atoms. The largest absolute Gasteiger partial charge is 0.458 e. The lowest BCUT2D eigenvalue weighted by atomic mass is 9.43. The van der Waals surface area contributed by atoms with E-state index in [2.05, 4.69) is 0 Å². The lowest BCUT2D eigenvalue weighted by molar-refractivity contribution is -0.450. The van der Waals surface area contributed by atoms with Crippen LogP contribution >= 0.6 is 0 Å². The number of aliphatic hydroxyl groups excluding tert-OH is 1. The summed E-state index contributed by atoms with van der Waals surface area (Å²) < 4.78 is 35.8. The van der Waals surface area contributed by atoms with Gasteiger partial charge in [-0.15, -0.1) is 0 Å². The van der Waals surface area contributed by atoms with Crippen LogP contribution in [-0.2, 0) is 38.0 Å². The molecule has 3 N–H and O–H groups in total. The van der Waals surface area contributed by atoms with Crippen molar-refractivity contribution in [2.75, 3.05) is 13.7 Å². The molecule has 11 heteroatoms. The molecule has 0 aromatic carbocycles. The average molecular weight is 575 g/mol. The lowest BCUT2D eigenvalue weighted by Crippen LogP contribution is -2.75. The molecule has 4 aliphatic heterocycles. The van der Waals surface area contributed by atoms with Crippen LogP contribution in [0.2, 0.25) is 0 Å². The molecule has 0 aromatic rings. The summed E-state index contributed by atoms with van der Waals surface area (Å²) in [7, 11) is 1.52. The van der Waals surface area contributed by atoms with Gasteiger partial charge in [0, 0.05) is 25.5 Å². The standard InChI is InChI=1S/C30H38O11/c1-13-7-20(36-4)30(35)25(38-13)39-17-9-15-10-19-29(41-19)23(26(15,2)11-18(17)40-30)22(32)24(33)27(3)16(5-6-28(27,29)34)14-8-21(31)37-12-14/h8-9,13,16-20,22-23,25,32,34-35H,5-7,10-12H2,1-4H3/t13-,16-,17-,18-,19+,20+,22+,23+,25+,26+,27+,28-,29+,30+/m1/s1. The van der Waals surface area contributed by atoms with E-state index in [0.29, 0.717) is 37.7 Å². The van der Waals surface area contributed by atoms with Crippen molar-refractivity contribution in [2.45, 2.75) is 113 Å². The minimum Gasteiger partial charge on any atom is -0.458 e. The zero-order valence-electron chi connectivity index (χ0n) is 23.7. The highest BCUT2D eigenvalue weighted by Gasteiger charge is 2.88. The second-order valence-electron chi connectivity index (χ2n) is 13.9. The molecule has 1 spiro atoms. The lowest BCUT2D eigenvalue weighted by Gasteiger charge is -2.62. The SMILES string of the molecule is CO[C@H]1C[C@@H](C)O[C@H]2O[C@@H]3C=C4C[C@@H]5O[C@]56[C@@H]([C@H](O)C(=O)[C@]5(C)[C@@H](C7=CC(=O)OC7)CC[C@]65O)[C@@]4(C)C[C@H]3O[C@]21O. The summed E-state index contributed by atoms with van der Waals surface area (Å²) in [4.78, 5) is 26.2. The predicted molar refractivity (Wildman–Crippen MR) is 137 cm³/mol. The Bertz CT molecular complexity index is 1290. The number of ketones is 1. The molecule has 0 unspecified atom stereocenters. The number of Topliss-reactive ketones (excluding diaryl/α,β-unsaturated/α-hetero) is 1. The Kier molecular flexibility index (Phi) is 5.29. The Balaban J connectivity index is 1.18. The monoisotopic (exact) mass is 574 g/mol. The van der Waals surface area contributed by atoms with Crippen molar-refractivity contribution in [1.82, 2.24) is 0 Å². The number of methoxy groups -OCH3 is 1. The first kappa shape index (κ1) is 26.9. The number of cyclic esters (lactones) is 1. The summed E-state index contributed by atoms with van der Waals surface area (Å²) in [5.74, 6) is -3.89. The fourth-order valence-corrected chi connectivity index (χ4v) is 10.2. The fraction of sp³-hybridized carbons (Fsp3) is 0.800. The summed E-state index contributed by atoms with van der Waals surface area (Å²) in [5.41, 5.74) is -3.16. The average Bonchev–Trinajstić information content (AvgIpc) is 3.36. The molecule has 3 saturated carbocycles. The van der Waals surface area contributed by atoms with E-state index in [1.807, 2.05) is 19.9 Å². The minimum atomic E-state index is -1.82. The third kappa shape index (κ3) is 2.97. The molecule has 0 radical (unpaired) electrons. The van der Waals surface area contributed by atoms with Gasteiger partial charge in [-0.05, 0) is 56.4 Å². The van der Waals surface area contributed by atoms with Gasteiger partial charge in [0.2, 0.25) is 12.1 Å². The van der Waals surface area contributed by atoms with Crippen molar-refractivity contribution < 1.29 is 53.3 Å². The van der Waals surface area contributed by atoms with Crippen molar-refractivity contribution in [3.05, 3.63) is 23.3 Å². The van der Waals surface area contributed by atoms with Gasteiger partial charge in [0.05, 0.1) is 23.7 Å². The fourth-order valence-electron chi connectivity index (χ4n) is 10.2.